The predicted molar refractivity (Wildman–Crippen MR) is 87.3 cm³/mol. The average molecular weight is 384 g/mol. The molecule has 5 nitrogen and oxygen atoms in total. The lowest BCUT2D eigenvalue weighted by atomic mass is 10.1. The van der Waals surface area contributed by atoms with E-state index in [9.17, 15) is 13.2 Å². The maximum atomic E-state index is 12.3. The zero-order valence-corrected chi connectivity index (χ0v) is 13.9. The number of halogens is 1. The quantitative estimate of drug-likeness (QED) is 0.801. The fourth-order valence-corrected chi connectivity index (χ4v) is 3.30. The van der Waals surface area contributed by atoms with Gasteiger partial charge in [-0.05, 0) is 42.3 Å². The van der Waals surface area contributed by atoms with Gasteiger partial charge in [-0.1, -0.05) is 34.1 Å². The van der Waals surface area contributed by atoms with Gasteiger partial charge in [0.15, 0.2) is 0 Å². The number of carboxylic acids is 1. The second-order valence-corrected chi connectivity index (χ2v) is 7.25. The molecule has 2 aromatic rings. The Morgan fingerprint density at radius 1 is 1.14 bits per heavy atom. The summed E-state index contributed by atoms with van der Waals surface area (Å²) in [5.74, 6) is -0.881. The molecule has 2 rings (SSSR count). The molecule has 2 aromatic carbocycles. The van der Waals surface area contributed by atoms with Crippen molar-refractivity contribution in [3.63, 3.8) is 0 Å². The summed E-state index contributed by atoms with van der Waals surface area (Å²) in [5.41, 5.74) is 1.24. The van der Waals surface area contributed by atoms with Crippen LogP contribution in [-0.2, 0) is 21.2 Å². The van der Waals surface area contributed by atoms with Crippen molar-refractivity contribution in [1.82, 2.24) is 0 Å². The van der Waals surface area contributed by atoms with Crippen LogP contribution in [0.4, 0.5) is 5.69 Å². The number of carbonyl (C=O) groups is 1. The van der Waals surface area contributed by atoms with E-state index in [1.807, 2.05) is 0 Å². The topological polar surface area (TPSA) is 83.5 Å². The van der Waals surface area contributed by atoms with Gasteiger partial charge in [0.2, 0.25) is 0 Å². The number of carboxylic acid groups (broad SMARTS) is 1. The smallest absolute Gasteiger partial charge is 0.303 e. The number of nitrogens with one attached hydrogen (secondary N) is 1. The number of aryl methyl sites for hydroxylation is 1. The Labute approximate surface area is 137 Å². The molecule has 0 unspecified atom stereocenters. The molecule has 0 heterocycles. The van der Waals surface area contributed by atoms with E-state index in [1.54, 1.807) is 36.4 Å². The third-order valence-electron chi connectivity index (χ3n) is 2.94. The summed E-state index contributed by atoms with van der Waals surface area (Å²) in [6.07, 6.45) is 0.386. The Morgan fingerprint density at radius 2 is 1.82 bits per heavy atom. The van der Waals surface area contributed by atoms with Gasteiger partial charge in [0.05, 0.1) is 4.90 Å². The summed E-state index contributed by atoms with van der Waals surface area (Å²) in [4.78, 5) is 10.7. The van der Waals surface area contributed by atoms with Crippen molar-refractivity contribution in [3.8, 4) is 0 Å². The van der Waals surface area contributed by atoms with E-state index >= 15 is 0 Å². The molecule has 0 aliphatic heterocycles. The Morgan fingerprint density at radius 3 is 2.41 bits per heavy atom. The van der Waals surface area contributed by atoms with Crippen LogP contribution in [0.2, 0.25) is 0 Å². The van der Waals surface area contributed by atoms with Crippen molar-refractivity contribution in [2.45, 2.75) is 17.7 Å². The highest BCUT2D eigenvalue weighted by atomic mass is 79.9. The molecule has 2 N–H and O–H groups in total. The largest absolute Gasteiger partial charge is 0.481 e. The first-order valence-electron chi connectivity index (χ1n) is 6.46. The molecule has 0 aliphatic carbocycles. The summed E-state index contributed by atoms with van der Waals surface area (Å²) < 4.78 is 27.8. The van der Waals surface area contributed by atoms with E-state index < -0.39 is 16.0 Å². The van der Waals surface area contributed by atoms with Crippen LogP contribution in [0.1, 0.15) is 12.0 Å². The first kappa shape index (κ1) is 16.5. The van der Waals surface area contributed by atoms with Crippen LogP contribution in [-0.4, -0.2) is 19.5 Å². The number of sulfonamides is 1. The normalized spacial score (nSPS) is 11.1. The van der Waals surface area contributed by atoms with Gasteiger partial charge in [-0.25, -0.2) is 8.42 Å². The molecular weight excluding hydrogens is 370 g/mol. The third kappa shape index (κ3) is 4.57. The lowest BCUT2D eigenvalue weighted by molar-refractivity contribution is -0.136. The van der Waals surface area contributed by atoms with Gasteiger partial charge in [0.1, 0.15) is 0 Å². The first-order chi connectivity index (χ1) is 10.4. The monoisotopic (exact) mass is 383 g/mol. The van der Waals surface area contributed by atoms with Crippen LogP contribution in [0.25, 0.3) is 0 Å². The lowest BCUT2D eigenvalue weighted by Crippen LogP contribution is -2.12. The first-order valence-corrected chi connectivity index (χ1v) is 8.73. The van der Waals surface area contributed by atoms with Crippen LogP contribution in [0.3, 0.4) is 0 Å². The standard InChI is InChI=1S/C15H14BrNO4S/c16-12-2-1-3-13(10-12)17-22(20,21)14-7-4-11(5-8-14)6-9-15(18)19/h1-5,7-8,10,17H,6,9H2,(H,18,19). The molecule has 0 atom stereocenters. The van der Waals surface area contributed by atoms with Crippen molar-refractivity contribution in [3.05, 3.63) is 58.6 Å². The van der Waals surface area contributed by atoms with Crippen LogP contribution >= 0.6 is 15.9 Å². The third-order valence-corrected chi connectivity index (χ3v) is 4.83. The molecule has 0 aromatic heterocycles. The minimum Gasteiger partial charge on any atom is -0.481 e. The van der Waals surface area contributed by atoms with Crippen molar-refractivity contribution in [1.29, 1.82) is 0 Å². The highest BCUT2D eigenvalue weighted by Crippen LogP contribution is 2.20. The Kier molecular flexibility index (Phi) is 5.20. The molecule has 0 aliphatic rings. The second-order valence-electron chi connectivity index (χ2n) is 4.65. The zero-order chi connectivity index (χ0) is 16.2. The Bertz CT molecular complexity index is 772. The average Bonchev–Trinajstić information content (AvgIpc) is 2.45. The fraction of sp³-hybridized carbons (Fsp3) is 0.133. The van der Waals surface area contributed by atoms with Gasteiger partial charge in [-0.15, -0.1) is 0 Å². The maximum Gasteiger partial charge on any atom is 0.303 e. The summed E-state index contributed by atoms with van der Waals surface area (Å²) >= 11 is 3.28. The van der Waals surface area contributed by atoms with Crippen LogP contribution in [0.15, 0.2) is 57.9 Å². The molecule has 7 heteroatoms. The van der Waals surface area contributed by atoms with Crippen molar-refractivity contribution < 1.29 is 18.3 Å². The van der Waals surface area contributed by atoms with Crippen molar-refractivity contribution in [2.75, 3.05) is 4.72 Å². The highest BCUT2D eigenvalue weighted by Gasteiger charge is 2.14. The fourth-order valence-electron chi connectivity index (χ4n) is 1.85. The summed E-state index contributed by atoms with van der Waals surface area (Å²) in [6, 6.07) is 13.0. The summed E-state index contributed by atoms with van der Waals surface area (Å²) in [6.45, 7) is 0. The van der Waals surface area contributed by atoms with Gasteiger partial charge in [0.25, 0.3) is 10.0 Å². The molecule has 0 radical (unpaired) electrons. The maximum absolute atomic E-state index is 12.3. The van der Waals surface area contributed by atoms with Gasteiger partial charge in [-0.3, -0.25) is 9.52 Å². The zero-order valence-electron chi connectivity index (χ0n) is 11.5. The number of hydrogen-bond donors (Lipinski definition) is 2. The van der Waals surface area contributed by atoms with E-state index in [2.05, 4.69) is 20.7 Å². The van der Waals surface area contributed by atoms with Gasteiger partial charge in [0, 0.05) is 16.6 Å². The molecule has 22 heavy (non-hydrogen) atoms. The van der Waals surface area contributed by atoms with E-state index in [0.29, 0.717) is 12.1 Å². The van der Waals surface area contributed by atoms with Gasteiger partial charge in [-0.2, -0.15) is 0 Å². The van der Waals surface area contributed by atoms with E-state index in [1.165, 1.54) is 12.1 Å². The van der Waals surface area contributed by atoms with E-state index in [0.717, 1.165) is 10.0 Å². The minimum absolute atomic E-state index is 0.0163. The molecule has 0 bridgehead atoms. The van der Waals surface area contributed by atoms with Gasteiger partial charge >= 0.3 is 5.97 Å². The van der Waals surface area contributed by atoms with Crippen molar-refractivity contribution >= 4 is 37.6 Å². The number of hydrogen-bond acceptors (Lipinski definition) is 3. The Balaban J connectivity index is 2.14. The highest BCUT2D eigenvalue weighted by molar-refractivity contribution is 9.10. The van der Waals surface area contributed by atoms with Crippen LogP contribution < -0.4 is 4.72 Å². The molecular formula is C15H14BrNO4S. The number of anilines is 1. The number of rotatable bonds is 6. The molecule has 0 saturated heterocycles. The SMILES string of the molecule is O=C(O)CCc1ccc(S(=O)(=O)Nc2cccc(Br)c2)cc1. The second kappa shape index (κ2) is 6.93. The Hall–Kier alpha value is -1.86. The number of aliphatic carboxylic acids is 1. The molecule has 0 spiro atoms. The predicted octanol–water partition coefficient (Wildman–Crippen LogP) is 3.27. The molecule has 0 fully saturated rings. The van der Waals surface area contributed by atoms with E-state index in [-0.39, 0.29) is 11.3 Å². The van der Waals surface area contributed by atoms with Crippen LogP contribution in [0.5, 0.6) is 0 Å². The van der Waals surface area contributed by atoms with E-state index in [4.69, 9.17) is 5.11 Å². The van der Waals surface area contributed by atoms with Crippen molar-refractivity contribution in [2.24, 2.45) is 0 Å². The molecule has 0 saturated carbocycles. The summed E-state index contributed by atoms with van der Waals surface area (Å²) in [7, 11) is -3.67. The van der Waals surface area contributed by atoms with Gasteiger partial charge < -0.3 is 5.11 Å². The lowest BCUT2D eigenvalue weighted by Gasteiger charge is -2.09. The molecule has 116 valence electrons. The summed E-state index contributed by atoms with van der Waals surface area (Å²) in [5, 5.41) is 8.64. The van der Waals surface area contributed by atoms with Crippen LogP contribution in [0, 0.1) is 0 Å². The number of benzene rings is 2. The molecule has 0 amide bonds. The minimum atomic E-state index is -3.67.